The Kier molecular flexibility index (Phi) is 14.5. The largest absolute Gasteiger partial charge is 0.508 e. The third-order valence-electron chi connectivity index (χ3n) is 10.6. The van der Waals surface area contributed by atoms with Crippen molar-refractivity contribution in [1.29, 1.82) is 0 Å². The van der Waals surface area contributed by atoms with Crippen LogP contribution in [-0.2, 0) is 4.74 Å². The second-order valence-electron chi connectivity index (χ2n) is 16.8. The quantitative estimate of drug-likeness (QED) is 0.219. The lowest BCUT2D eigenvalue weighted by Gasteiger charge is -2.36. The second-order valence-corrected chi connectivity index (χ2v) is 16.8. The Bertz CT molecular complexity index is 1550. The molecule has 1 saturated heterocycles. The van der Waals surface area contributed by atoms with Crippen molar-refractivity contribution in [3.05, 3.63) is 72.1 Å². The zero-order chi connectivity index (χ0) is 36.3. The first-order chi connectivity index (χ1) is 23.7. The summed E-state index contributed by atoms with van der Waals surface area (Å²) in [5, 5.41) is 20.6. The summed E-state index contributed by atoms with van der Waals surface area (Å²) >= 11 is 0. The first kappa shape index (κ1) is 39.6. The van der Waals surface area contributed by atoms with Crippen LogP contribution in [0.3, 0.4) is 0 Å². The van der Waals surface area contributed by atoms with Gasteiger partial charge >= 0.3 is 0 Å². The zero-order valence-corrected chi connectivity index (χ0v) is 32.2. The molecule has 0 spiro atoms. The highest BCUT2D eigenvalue weighted by Gasteiger charge is 2.30. The number of aromatic nitrogens is 2. The fourth-order valence-corrected chi connectivity index (χ4v) is 7.19. The van der Waals surface area contributed by atoms with Crippen LogP contribution in [-0.4, -0.2) is 45.6 Å². The highest BCUT2D eigenvalue weighted by atomic mass is 16.5. The molecule has 3 fully saturated rings. The predicted molar refractivity (Wildman–Crippen MR) is 208 cm³/mol. The van der Waals surface area contributed by atoms with Crippen LogP contribution in [0.2, 0.25) is 0 Å². The maximum absolute atomic E-state index is 9.29. The lowest BCUT2D eigenvalue weighted by Crippen LogP contribution is -2.30. The van der Waals surface area contributed by atoms with Crippen LogP contribution in [0.15, 0.2) is 60.7 Å². The summed E-state index contributed by atoms with van der Waals surface area (Å²) in [6.45, 7) is 20.0. The van der Waals surface area contributed by atoms with Crippen molar-refractivity contribution < 1.29 is 19.7 Å². The van der Waals surface area contributed by atoms with E-state index in [9.17, 15) is 10.2 Å². The van der Waals surface area contributed by atoms with Gasteiger partial charge in [0.2, 0.25) is 0 Å². The molecular weight excluding hydrogens is 620 g/mol. The number of fused-ring (bicyclic) bond motifs is 2. The second kappa shape index (κ2) is 18.3. The Morgan fingerprint density at radius 2 is 1.10 bits per heavy atom. The van der Waals surface area contributed by atoms with Gasteiger partial charge in [-0.15, -0.1) is 0 Å². The van der Waals surface area contributed by atoms with E-state index in [4.69, 9.17) is 9.47 Å². The standard InChI is InChI=1S/C20H27NO.C10H9NO.C10H20O.C4H8O/c1-14-5-6-15-13-18(11-12-19(15)21-14)22-17-9-7-16(8-10-17)20(2,3)4;1-7-2-3-8-6-9(12)4-5-10(8)11-7;1-10(2,3)8-4-6-9(11)7-5-8;1-2-4-5-3-1/h5-6,11-13,16-17H,7-10H2,1-4H3;2-6,12H,1H3;8-9,11H,4-7H2,1-3H3;1-4H2. The highest BCUT2D eigenvalue weighted by molar-refractivity contribution is 5.80. The van der Waals surface area contributed by atoms with Crippen LogP contribution in [0.5, 0.6) is 11.5 Å². The molecule has 7 rings (SSSR count). The van der Waals surface area contributed by atoms with E-state index in [0.717, 1.165) is 76.8 Å². The number of ether oxygens (including phenoxy) is 2. The molecule has 0 radical (unpaired) electrons. The number of nitrogens with zero attached hydrogens (tertiary/aromatic N) is 2. The Morgan fingerprint density at radius 1 is 0.620 bits per heavy atom. The molecule has 2 aromatic carbocycles. The molecule has 0 atom stereocenters. The predicted octanol–water partition coefficient (Wildman–Crippen LogP) is 11.2. The lowest BCUT2D eigenvalue weighted by molar-refractivity contribution is 0.0725. The zero-order valence-electron chi connectivity index (χ0n) is 32.2. The van der Waals surface area contributed by atoms with E-state index in [0.29, 0.717) is 16.9 Å². The van der Waals surface area contributed by atoms with Gasteiger partial charge in [0.25, 0.3) is 0 Å². The molecule has 2 saturated carbocycles. The molecule has 2 aliphatic carbocycles. The van der Waals surface area contributed by atoms with Gasteiger partial charge in [-0.3, -0.25) is 9.97 Å². The Balaban J connectivity index is 0.000000169. The number of aliphatic hydroxyl groups excluding tert-OH is 1. The lowest BCUT2D eigenvalue weighted by atomic mass is 9.72. The molecule has 50 heavy (non-hydrogen) atoms. The summed E-state index contributed by atoms with van der Waals surface area (Å²) in [6, 6.07) is 19.5. The molecule has 3 aliphatic rings. The van der Waals surface area contributed by atoms with Crippen LogP contribution in [0.4, 0.5) is 0 Å². The van der Waals surface area contributed by atoms with Crippen molar-refractivity contribution in [2.45, 2.75) is 132 Å². The Hall–Kier alpha value is -3.22. The van der Waals surface area contributed by atoms with Gasteiger partial charge in [0.05, 0.1) is 23.2 Å². The Labute approximate surface area is 302 Å². The molecule has 6 heteroatoms. The average Bonchev–Trinajstić information content (AvgIpc) is 3.66. The number of hydrogen-bond acceptors (Lipinski definition) is 6. The number of aromatic hydroxyl groups is 1. The van der Waals surface area contributed by atoms with Gasteiger partial charge in [0, 0.05) is 35.4 Å². The third-order valence-corrected chi connectivity index (χ3v) is 10.6. The van der Waals surface area contributed by atoms with Gasteiger partial charge < -0.3 is 19.7 Å². The van der Waals surface area contributed by atoms with Crippen molar-refractivity contribution in [3.8, 4) is 11.5 Å². The molecular formula is C44H64N2O4. The summed E-state index contributed by atoms with van der Waals surface area (Å²) in [5.74, 6) is 2.92. The molecule has 2 aromatic heterocycles. The molecule has 3 heterocycles. The van der Waals surface area contributed by atoms with Crippen LogP contribution in [0, 0.1) is 36.5 Å². The summed E-state index contributed by atoms with van der Waals surface area (Å²) in [4.78, 5) is 8.85. The molecule has 0 unspecified atom stereocenters. The molecule has 274 valence electrons. The SMILES string of the molecule is C1CCOC1.CC(C)(C)C1CCC(O)CC1.Cc1ccc2cc(O)ccc2n1.Cc1ccc2cc(OC3CCC(C(C)(C)C)CC3)ccc2n1. The van der Waals surface area contributed by atoms with Crippen molar-refractivity contribution in [1.82, 2.24) is 9.97 Å². The van der Waals surface area contributed by atoms with Gasteiger partial charge in [-0.05, 0) is 149 Å². The van der Waals surface area contributed by atoms with E-state index in [1.807, 2.05) is 32.0 Å². The van der Waals surface area contributed by atoms with Gasteiger partial charge in [-0.2, -0.15) is 0 Å². The molecule has 0 bridgehead atoms. The summed E-state index contributed by atoms with van der Waals surface area (Å²) in [6.07, 6.45) is 12.3. The maximum Gasteiger partial charge on any atom is 0.120 e. The van der Waals surface area contributed by atoms with Crippen molar-refractivity contribution in [2.75, 3.05) is 13.2 Å². The number of pyridine rings is 2. The topological polar surface area (TPSA) is 84.7 Å². The van der Waals surface area contributed by atoms with E-state index in [1.165, 1.54) is 51.4 Å². The fourth-order valence-electron chi connectivity index (χ4n) is 7.19. The minimum atomic E-state index is -0.00593. The van der Waals surface area contributed by atoms with Crippen LogP contribution in [0.1, 0.15) is 117 Å². The minimum absolute atomic E-state index is 0.00593. The number of phenols is 1. The number of rotatable bonds is 2. The van der Waals surface area contributed by atoms with E-state index >= 15 is 0 Å². The monoisotopic (exact) mass is 684 g/mol. The molecule has 6 nitrogen and oxygen atoms in total. The highest BCUT2D eigenvalue weighted by Crippen LogP contribution is 2.39. The van der Waals surface area contributed by atoms with E-state index in [2.05, 4.69) is 81.8 Å². The van der Waals surface area contributed by atoms with E-state index < -0.39 is 0 Å². The van der Waals surface area contributed by atoms with Gasteiger partial charge in [-0.1, -0.05) is 53.7 Å². The first-order valence-corrected chi connectivity index (χ1v) is 19.0. The van der Waals surface area contributed by atoms with Gasteiger partial charge in [-0.25, -0.2) is 0 Å². The van der Waals surface area contributed by atoms with Crippen molar-refractivity contribution >= 4 is 21.8 Å². The molecule has 0 amide bonds. The molecule has 4 aromatic rings. The third kappa shape index (κ3) is 12.8. The summed E-state index contributed by atoms with van der Waals surface area (Å²) in [7, 11) is 0. The Morgan fingerprint density at radius 3 is 1.58 bits per heavy atom. The number of aryl methyl sites for hydroxylation is 2. The van der Waals surface area contributed by atoms with Crippen LogP contribution >= 0.6 is 0 Å². The molecule has 1 aliphatic heterocycles. The summed E-state index contributed by atoms with van der Waals surface area (Å²) < 4.78 is 11.2. The number of benzene rings is 2. The number of phenolic OH excluding ortho intramolecular Hbond substituents is 1. The maximum atomic E-state index is 9.29. The van der Waals surface area contributed by atoms with E-state index in [-0.39, 0.29) is 11.9 Å². The summed E-state index contributed by atoms with van der Waals surface area (Å²) in [5.41, 5.74) is 4.89. The minimum Gasteiger partial charge on any atom is -0.508 e. The van der Waals surface area contributed by atoms with Crippen molar-refractivity contribution in [2.24, 2.45) is 22.7 Å². The fraction of sp³-hybridized carbons (Fsp3) is 0.591. The van der Waals surface area contributed by atoms with E-state index in [1.54, 1.807) is 12.1 Å². The normalized spacial score (nSPS) is 22.3. The first-order valence-electron chi connectivity index (χ1n) is 19.0. The van der Waals surface area contributed by atoms with Crippen LogP contribution in [0.25, 0.3) is 21.8 Å². The molecule has 2 N–H and O–H groups in total. The number of aliphatic hydroxyl groups is 1. The van der Waals surface area contributed by atoms with Gasteiger partial charge in [0.1, 0.15) is 11.5 Å². The van der Waals surface area contributed by atoms with Gasteiger partial charge in [0.15, 0.2) is 0 Å². The van der Waals surface area contributed by atoms with Crippen molar-refractivity contribution in [3.63, 3.8) is 0 Å². The smallest absolute Gasteiger partial charge is 0.120 e. The van der Waals surface area contributed by atoms with Crippen LogP contribution < -0.4 is 4.74 Å². The average molecular weight is 685 g/mol. The number of hydrogen-bond donors (Lipinski definition) is 2.